The summed E-state index contributed by atoms with van der Waals surface area (Å²) in [5, 5.41) is 27.5. The number of ether oxygens (including phenoxy) is 1. The van der Waals surface area contributed by atoms with Gasteiger partial charge in [0, 0.05) is 36.3 Å². The zero-order chi connectivity index (χ0) is 28.0. The third kappa shape index (κ3) is 5.42. The smallest absolute Gasteiger partial charge is 0.321 e. The number of halogens is 1. The van der Waals surface area contributed by atoms with E-state index < -0.39 is 30.4 Å². The van der Waals surface area contributed by atoms with E-state index in [9.17, 15) is 19.8 Å². The maximum absolute atomic E-state index is 12.7. The molecule has 0 radical (unpaired) electrons. The lowest BCUT2D eigenvalue weighted by Crippen LogP contribution is -2.43. The molecule has 3 aromatic rings. The molecule has 3 amide bonds. The van der Waals surface area contributed by atoms with Crippen LogP contribution in [-0.4, -0.2) is 84.0 Å². The SMILES string of the molecule is Nc1nc(CC2CCN(C(=O)Nc3ccc(Cl)cc3)CC2)nc2c1ncn2[C@@H]1O[C@H](C(=O)NC2CC2)C(O)C1O. The summed E-state index contributed by atoms with van der Waals surface area (Å²) in [6, 6.07) is 6.90. The van der Waals surface area contributed by atoms with Gasteiger partial charge in [0.05, 0.1) is 6.33 Å². The number of nitrogens with two attached hydrogens (primary N) is 1. The number of carbonyl (C=O) groups excluding carboxylic acids is 2. The Morgan fingerprint density at radius 2 is 1.80 bits per heavy atom. The molecule has 3 fully saturated rings. The zero-order valence-corrected chi connectivity index (χ0v) is 22.4. The highest BCUT2D eigenvalue weighted by Crippen LogP contribution is 2.33. The van der Waals surface area contributed by atoms with Gasteiger partial charge in [-0.1, -0.05) is 11.6 Å². The number of hydrogen-bond acceptors (Lipinski definition) is 9. The van der Waals surface area contributed by atoms with Crippen LogP contribution in [0.4, 0.5) is 16.3 Å². The molecule has 6 rings (SSSR count). The van der Waals surface area contributed by atoms with Crippen LogP contribution in [0.5, 0.6) is 0 Å². The van der Waals surface area contributed by atoms with E-state index in [0.29, 0.717) is 47.2 Å². The molecule has 6 N–H and O–H groups in total. The van der Waals surface area contributed by atoms with Gasteiger partial charge in [-0.2, -0.15) is 0 Å². The Labute approximate surface area is 234 Å². The lowest BCUT2D eigenvalue weighted by Gasteiger charge is -2.31. The van der Waals surface area contributed by atoms with Gasteiger partial charge in [0.1, 0.15) is 23.5 Å². The molecule has 2 aliphatic heterocycles. The van der Waals surface area contributed by atoms with Crippen molar-refractivity contribution in [3.8, 4) is 0 Å². The highest BCUT2D eigenvalue weighted by atomic mass is 35.5. The third-order valence-electron chi connectivity index (χ3n) is 7.66. The van der Waals surface area contributed by atoms with Crippen LogP contribution < -0.4 is 16.4 Å². The first-order valence-corrected chi connectivity index (χ1v) is 13.8. The van der Waals surface area contributed by atoms with E-state index in [0.717, 1.165) is 25.7 Å². The number of carbonyl (C=O) groups is 2. The van der Waals surface area contributed by atoms with E-state index >= 15 is 0 Å². The molecule has 4 heterocycles. The molecule has 212 valence electrons. The minimum atomic E-state index is -1.40. The first-order valence-electron chi connectivity index (χ1n) is 13.4. The summed E-state index contributed by atoms with van der Waals surface area (Å²) in [7, 11) is 0. The second-order valence-electron chi connectivity index (χ2n) is 10.6. The number of likely N-dealkylation sites (tertiary alicyclic amines) is 1. The number of aliphatic hydroxyl groups is 2. The van der Waals surface area contributed by atoms with Gasteiger partial charge in [-0.05, 0) is 55.9 Å². The highest BCUT2D eigenvalue weighted by Gasteiger charge is 2.48. The first kappa shape index (κ1) is 26.7. The molecule has 2 aromatic heterocycles. The number of aromatic nitrogens is 4. The summed E-state index contributed by atoms with van der Waals surface area (Å²) >= 11 is 5.91. The van der Waals surface area contributed by atoms with Gasteiger partial charge in [-0.3, -0.25) is 9.36 Å². The van der Waals surface area contributed by atoms with E-state index in [1.165, 1.54) is 10.9 Å². The number of anilines is 2. The number of imidazole rings is 1. The molecule has 4 atom stereocenters. The van der Waals surface area contributed by atoms with Crippen molar-refractivity contribution in [2.45, 2.75) is 62.7 Å². The molecule has 2 saturated heterocycles. The average Bonchev–Trinajstić information content (AvgIpc) is 3.57. The molecule has 0 spiro atoms. The molecule has 40 heavy (non-hydrogen) atoms. The Kier molecular flexibility index (Phi) is 7.21. The monoisotopic (exact) mass is 570 g/mol. The van der Waals surface area contributed by atoms with Crippen LogP contribution in [-0.2, 0) is 16.0 Å². The Bertz CT molecular complexity index is 1410. The van der Waals surface area contributed by atoms with Crippen molar-refractivity contribution < 1.29 is 24.5 Å². The van der Waals surface area contributed by atoms with E-state index in [1.54, 1.807) is 29.2 Å². The van der Waals surface area contributed by atoms with Crippen molar-refractivity contribution in [2.24, 2.45) is 5.92 Å². The standard InChI is InChI=1S/C26H31ClN8O5/c27-14-1-3-16(4-2-14)31-26(39)34-9-7-13(8-10-34)11-17-32-22(28)18-23(33-17)35(12-29-18)25-20(37)19(36)21(40-25)24(38)30-15-5-6-15/h1-4,12-13,15,19-21,25,36-37H,5-11H2,(H,30,38)(H,31,39)(H2,28,32,33)/t19?,20?,21-,25+/m0/s1. The molecular formula is C26H31ClN8O5. The summed E-state index contributed by atoms with van der Waals surface area (Å²) in [4.78, 5) is 40.4. The zero-order valence-electron chi connectivity index (χ0n) is 21.6. The number of benzene rings is 1. The van der Waals surface area contributed by atoms with E-state index in [1.807, 2.05) is 0 Å². The minimum absolute atomic E-state index is 0.0911. The average molecular weight is 571 g/mol. The van der Waals surface area contributed by atoms with Crippen molar-refractivity contribution in [2.75, 3.05) is 24.1 Å². The summed E-state index contributed by atoms with van der Waals surface area (Å²) in [6.07, 6.45) is 0.227. The number of nitrogens with zero attached hydrogens (tertiary/aromatic N) is 5. The number of rotatable bonds is 6. The van der Waals surface area contributed by atoms with E-state index in [2.05, 4.69) is 25.6 Å². The number of aliphatic hydroxyl groups excluding tert-OH is 2. The number of nitrogen functional groups attached to an aromatic ring is 1. The number of amides is 3. The molecule has 2 unspecified atom stereocenters. The summed E-state index contributed by atoms with van der Waals surface area (Å²) in [5.74, 6) is 0.476. The molecule has 1 aromatic carbocycles. The lowest BCUT2D eigenvalue weighted by molar-refractivity contribution is -0.137. The fourth-order valence-corrected chi connectivity index (χ4v) is 5.34. The maximum Gasteiger partial charge on any atom is 0.321 e. The Morgan fingerprint density at radius 3 is 2.50 bits per heavy atom. The topological polar surface area (TPSA) is 181 Å². The van der Waals surface area contributed by atoms with Crippen molar-refractivity contribution >= 4 is 46.2 Å². The third-order valence-corrected chi connectivity index (χ3v) is 7.91. The van der Waals surface area contributed by atoms with Crippen molar-refractivity contribution in [3.63, 3.8) is 0 Å². The minimum Gasteiger partial charge on any atom is -0.387 e. The van der Waals surface area contributed by atoms with Crippen LogP contribution in [0.15, 0.2) is 30.6 Å². The van der Waals surface area contributed by atoms with Crippen molar-refractivity contribution in [1.82, 2.24) is 29.7 Å². The largest absolute Gasteiger partial charge is 0.387 e. The van der Waals surface area contributed by atoms with Crippen molar-refractivity contribution in [1.29, 1.82) is 0 Å². The Balaban J connectivity index is 1.11. The first-order chi connectivity index (χ1) is 19.3. The number of nitrogens with one attached hydrogen (secondary N) is 2. The molecular weight excluding hydrogens is 540 g/mol. The van der Waals surface area contributed by atoms with Crippen molar-refractivity contribution in [3.05, 3.63) is 41.4 Å². The van der Waals surface area contributed by atoms with Gasteiger partial charge in [0.2, 0.25) is 0 Å². The normalized spacial score (nSPS) is 25.3. The highest BCUT2D eigenvalue weighted by molar-refractivity contribution is 6.30. The number of hydrogen-bond donors (Lipinski definition) is 5. The molecule has 0 bridgehead atoms. The van der Waals surface area contributed by atoms with Crippen LogP contribution >= 0.6 is 11.6 Å². The van der Waals surface area contributed by atoms with Crippen LogP contribution in [0.1, 0.15) is 37.7 Å². The predicted octanol–water partition coefficient (Wildman–Crippen LogP) is 1.45. The molecule has 1 aliphatic carbocycles. The number of piperidine rings is 1. The van der Waals surface area contributed by atoms with Gasteiger partial charge >= 0.3 is 6.03 Å². The van der Waals surface area contributed by atoms with E-state index in [4.69, 9.17) is 22.1 Å². The fraction of sp³-hybridized carbons (Fsp3) is 0.500. The predicted molar refractivity (Wildman–Crippen MR) is 145 cm³/mol. The lowest BCUT2D eigenvalue weighted by atomic mass is 9.93. The molecule has 1 saturated carbocycles. The summed E-state index contributed by atoms with van der Waals surface area (Å²) in [6.45, 7) is 1.17. The Hall–Kier alpha value is -3.52. The quantitative estimate of drug-likeness (QED) is 0.293. The van der Waals surface area contributed by atoms with Crippen LogP contribution in [0, 0.1) is 5.92 Å². The van der Waals surface area contributed by atoms with Crippen LogP contribution in [0.2, 0.25) is 5.02 Å². The summed E-state index contributed by atoms with van der Waals surface area (Å²) in [5.41, 5.74) is 7.58. The second kappa shape index (κ2) is 10.8. The molecule has 3 aliphatic rings. The molecule has 14 heteroatoms. The number of urea groups is 1. The van der Waals surface area contributed by atoms with Crippen LogP contribution in [0.25, 0.3) is 11.2 Å². The van der Waals surface area contributed by atoms with Gasteiger partial charge < -0.3 is 36.2 Å². The van der Waals surface area contributed by atoms with Gasteiger partial charge in [-0.15, -0.1) is 0 Å². The maximum atomic E-state index is 12.7. The second-order valence-corrected chi connectivity index (χ2v) is 11.1. The summed E-state index contributed by atoms with van der Waals surface area (Å²) < 4.78 is 7.29. The molecule has 13 nitrogen and oxygen atoms in total. The van der Waals surface area contributed by atoms with Gasteiger partial charge in [0.15, 0.2) is 23.8 Å². The Morgan fingerprint density at radius 1 is 1.07 bits per heavy atom. The van der Waals surface area contributed by atoms with Gasteiger partial charge in [-0.25, -0.2) is 19.7 Å². The fourth-order valence-electron chi connectivity index (χ4n) is 5.21. The van der Waals surface area contributed by atoms with Gasteiger partial charge in [0.25, 0.3) is 5.91 Å². The van der Waals surface area contributed by atoms with Crippen LogP contribution in [0.3, 0.4) is 0 Å². The van der Waals surface area contributed by atoms with E-state index in [-0.39, 0.29) is 23.8 Å². The number of fused-ring (bicyclic) bond motifs is 1.